The summed E-state index contributed by atoms with van der Waals surface area (Å²) in [5.74, 6) is -1.79. The van der Waals surface area contributed by atoms with Gasteiger partial charge in [-0.15, -0.1) is 0 Å². The van der Waals surface area contributed by atoms with Crippen LogP contribution >= 0.6 is 23.2 Å². The van der Waals surface area contributed by atoms with Gasteiger partial charge in [-0.25, -0.2) is 8.42 Å². The summed E-state index contributed by atoms with van der Waals surface area (Å²) in [5.41, 5.74) is 0.536. The van der Waals surface area contributed by atoms with Gasteiger partial charge in [-0.3, -0.25) is 9.59 Å². The van der Waals surface area contributed by atoms with Crippen molar-refractivity contribution in [2.75, 3.05) is 5.75 Å². The van der Waals surface area contributed by atoms with Crippen LogP contribution in [0.2, 0.25) is 10.0 Å². The summed E-state index contributed by atoms with van der Waals surface area (Å²) in [6, 6.07) is 13.6. The standard InChI is InChI=1S/C30H37Cl2NO5S/c1-5-30(17-26(34)35)16-24(21-7-6-8-23(32)15-21)27(20-11-13-22(31)14-12-20)33(28(30)36)25(19-9-10-19)18-39(37,38)29(2,3)4/h6-8,11-15,19,24-25,27H,5,9-10,16-18H2,1-4H3,(H,34,35). The minimum absolute atomic E-state index is 0.0263. The molecule has 2 aromatic rings. The van der Waals surface area contributed by atoms with Crippen molar-refractivity contribution in [2.24, 2.45) is 11.3 Å². The van der Waals surface area contributed by atoms with Crippen LogP contribution in [0.4, 0.5) is 0 Å². The molecule has 6 nitrogen and oxygen atoms in total. The van der Waals surface area contributed by atoms with Crippen molar-refractivity contribution < 1.29 is 23.1 Å². The lowest BCUT2D eigenvalue weighted by atomic mass is 9.65. The Kier molecular flexibility index (Phi) is 8.47. The predicted molar refractivity (Wildman–Crippen MR) is 155 cm³/mol. The second kappa shape index (κ2) is 11.1. The smallest absolute Gasteiger partial charge is 0.304 e. The van der Waals surface area contributed by atoms with Crippen molar-refractivity contribution in [2.45, 2.75) is 82.5 Å². The Morgan fingerprint density at radius 1 is 1.08 bits per heavy atom. The molecule has 9 heteroatoms. The van der Waals surface area contributed by atoms with Gasteiger partial charge in [0.2, 0.25) is 5.91 Å². The van der Waals surface area contributed by atoms with E-state index in [0.717, 1.165) is 24.0 Å². The molecule has 2 fully saturated rings. The van der Waals surface area contributed by atoms with Crippen LogP contribution in [0.3, 0.4) is 0 Å². The fourth-order valence-corrected chi connectivity index (χ4v) is 7.63. The lowest BCUT2D eigenvalue weighted by Crippen LogP contribution is -2.59. The number of benzene rings is 2. The third-order valence-corrected chi connectivity index (χ3v) is 11.6. The van der Waals surface area contributed by atoms with Crippen LogP contribution in [0, 0.1) is 11.3 Å². The molecule has 1 saturated heterocycles. The van der Waals surface area contributed by atoms with Gasteiger partial charge in [-0.1, -0.05) is 54.4 Å². The highest BCUT2D eigenvalue weighted by Gasteiger charge is 2.56. The third kappa shape index (κ3) is 6.15. The van der Waals surface area contributed by atoms with E-state index in [1.165, 1.54) is 0 Å². The maximum Gasteiger partial charge on any atom is 0.304 e. The summed E-state index contributed by atoms with van der Waals surface area (Å²) < 4.78 is 26.1. The van der Waals surface area contributed by atoms with Gasteiger partial charge < -0.3 is 10.0 Å². The Bertz CT molecular complexity index is 1330. The molecule has 2 aliphatic rings. The maximum atomic E-state index is 14.6. The molecule has 0 spiro atoms. The van der Waals surface area contributed by atoms with Crippen molar-refractivity contribution in [3.8, 4) is 0 Å². The number of amides is 1. The van der Waals surface area contributed by atoms with Gasteiger partial charge in [-0.2, -0.15) is 0 Å². The average Bonchev–Trinajstić information content (AvgIpc) is 3.69. The van der Waals surface area contributed by atoms with Crippen LogP contribution in [-0.2, 0) is 19.4 Å². The summed E-state index contributed by atoms with van der Waals surface area (Å²) in [6.07, 6.45) is 1.94. The molecular formula is C30H37Cl2NO5S. The van der Waals surface area contributed by atoms with E-state index in [0.29, 0.717) is 22.9 Å². The molecule has 212 valence electrons. The number of hydrogen-bond acceptors (Lipinski definition) is 4. The summed E-state index contributed by atoms with van der Waals surface area (Å²) in [5, 5.41) is 11.0. The first-order valence-corrected chi connectivity index (χ1v) is 15.9. The lowest BCUT2D eigenvalue weighted by Gasteiger charge is -2.53. The highest BCUT2D eigenvalue weighted by Crippen LogP contribution is 2.55. The van der Waals surface area contributed by atoms with E-state index in [1.807, 2.05) is 37.3 Å². The fourth-order valence-electron chi connectivity index (χ4n) is 5.92. The molecule has 4 rings (SSSR count). The van der Waals surface area contributed by atoms with Crippen LogP contribution in [-0.4, -0.2) is 46.8 Å². The molecule has 1 heterocycles. The molecule has 0 bridgehead atoms. The van der Waals surface area contributed by atoms with Crippen molar-refractivity contribution in [1.29, 1.82) is 0 Å². The van der Waals surface area contributed by atoms with Crippen LogP contribution in [0.1, 0.15) is 82.9 Å². The summed E-state index contributed by atoms with van der Waals surface area (Å²) in [6.45, 7) is 6.87. The molecular weight excluding hydrogens is 557 g/mol. The third-order valence-electron chi connectivity index (χ3n) is 8.48. The molecule has 1 N–H and O–H groups in total. The van der Waals surface area contributed by atoms with Gasteiger partial charge in [0.1, 0.15) is 0 Å². The highest BCUT2D eigenvalue weighted by molar-refractivity contribution is 7.92. The zero-order valence-electron chi connectivity index (χ0n) is 22.9. The molecule has 2 aromatic carbocycles. The molecule has 39 heavy (non-hydrogen) atoms. The number of carboxylic acids is 1. The summed E-state index contributed by atoms with van der Waals surface area (Å²) in [4.78, 5) is 28.5. The van der Waals surface area contributed by atoms with Crippen molar-refractivity contribution in [1.82, 2.24) is 4.90 Å². The molecule has 0 aromatic heterocycles. The van der Waals surface area contributed by atoms with Gasteiger partial charge in [0.15, 0.2) is 9.84 Å². The van der Waals surface area contributed by atoms with E-state index in [2.05, 4.69) is 0 Å². The first-order chi connectivity index (χ1) is 18.2. The maximum absolute atomic E-state index is 14.6. The largest absolute Gasteiger partial charge is 0.481 e. The van der Waals surface area contributed by atoms with Crippen LogP contribution in [0.25, 0.3) is 0 Å². The van der Waals surface area contributed by atoms with Crippen molar-refractivity contribution in [3.05, 3.63) is 69.7 Å². The van der Waals surface area contributed by atoms with Crippen molar-refractivity contribution >= 4 is 44.9 Å². The van der Waals surface area contributed by atoms with E-state index in [4.69, 9.17) is 23.2 Å². The number of aliphatic carboxylic acids is 1. The molecule has 1 saturated carbocycles. The van der Waals surface area contributed by atoms with E-state index in [1.54, 1.807) is 43.9 Å². The Morgan fingerprint density at radius 3 is 2.23 bits per heavy atom. The minimum Gasteiger partial charge on any atom is -0.481 e. The number of sulfone groups is 1. The first kappa shape index (κ1) is 29.9. The zero-order chi connectivity index (χ0) is 28.8. The number of halogens is 2. The molecule has 0 radical (unpaired) electrons. The Balaban J connectivity index is 1.97. The normalized spacial score (nSPS) is 25.0. The van der Waals surface area contributed by atoms with Crippen molar-refractivity contribution in [3.63, 3.8) is 0 Å². The second-order valence-corrected chi connectivity index (χ2v) is 15.7. The Labute approximate surface area is 241 Å². The summed E-state index contributed by atoms with van der Waals surface area (Å²) >= 11 is 12.7. The number of piperidine rings is 1. The van der Waals surface area contributed by atoms with Gasteiger partial charge in [-0.05, 0) is 87.8 Å². The lowest BCUT2D eigenvalue weighted by molar-refractivity contribution is -0.162. The van der Waals surface area contributed by atoms with Crippen LogP contribution in [0.15, 0.2) is 48.5 Å². The number of nitrogens with zero attached hydrogens (tertiary/aromatic N) is 1. The van der Waals surface area contributed by atoms with E-state index in [-0.39, 0.29) is 29.9 Å². The highest BCUT2D eigenvalue weighted by atomic mass is 35.5. The number of carboxylic acid groups (broad SMARTS) is 1. The van der Waals surface area contributed by atoms with E-state index < -0.39 is 38.1 Å². The quantitative estimate of drug-likeness (QED) is 0.341. The topological polar surface area (TPSA) is 91.8 Å². The number of likely N-dealkylation sites (tertiary alicyclic amines) is 1. The minimum atomic E-state index is -3.60. The predicted octanol–water partition coefficient (Wildman–Crippen LogP) is 6.91. The zero-order valence-corrected chi connectivity index (χ0v) is 25.2. The fraction of sp³-hybridized carbons (Fsp3) is 0.533. The molecule has 1 aliphatic carbocycles. The Morgan fingerprint density at radius 2 is 1.72 bits per heavy atom. The van der Waals surface area contributed by atoms with Gasteiger partial charge in [0, 0.05) is 22.0 Å². The number of rotatable bonds is 9. The monoisotopic (exact) mass is 593 g/mol. The Hall–Kier alpha value is -2.09. The molecule has 4 unspecified atom stereocenters. The number of carbonyl (C=O) groups excluding carboxylic acids is 1. The van der Waals surface area contributed by atoms with Gasteiger partial charge in [0.05, 0.1) is 28.4 Å². The average molecular weight is 595 g/mol. The molecule has 4 atom stereocenters. The van der Waals surface area contributed by atoms with Crippen LogP contribution in [0.5, 0.6) is 0 Å². The number of carbonyl (C=O) groups is 2. The van der Waals surface area contributed by atoms with Crippen LogP contribution < -0.4 is 0 Å². The number of hydrogen-bond donors (Lipinski definition) is 1. The van der Waals surface area contributed by atoms with E-state index >= 15 is 0 Å². The van der Waals surface area contributed by atoms with E-state index in [9.17, 15) is 23.1 Å². The molecule has 1 aliphatic heterocycles. The first-order valence-electron chi connectivity index (χ1n) is 13.5. The molecule has 1 amide bonds. The van der Waals surface area contributed by atoms with Gasteiger partial charge in [0.25, 0.3) is 0 Å². The summed E-state index contributed by atoms with van der Waals surface area (Å²) in [7, 11) is -3.60. The SMILES string of the molecule is CCC1(CC(=O)O)CC(c2cccc(Cl)c2)C(c2ccc(Cl)cc2)N(C(CS(=O)(=O)C(C)(C)C)C2CC2)C1=O. The van der Waals surface area contributed by atoms with Gasteiger partial charge >= 0.3 is 5.97 Å². The second-order valence-electron chi connectivity index (χ2n) is 12.1.